The molecule has 2 nitrogen and oxygen atoms in total. The maximum Gasteiger partial charge on any atom is 0.119 e. The number of ether oxygens (including phenoxy) is 1. The van der Waals surface area contributed by atoms with Gasteiger partial charge in [-0.25, -0.2) is 0 Å². The van der Waals surface area contributed by atoms with Crippen LogP contribution in [-0.2, 0) is 13.0 Å². The van der Waals surface area contributed by atoms with E-state index in [1.165, 1.54) is 11.1 Å². The maximum absolute atomic E-state index is 6.17. The van der Waals surface area contributed by atoms with Gasteiger partial charge in [0.1, 0.15) is 11.9 Å². The lowest BCUT2D eigenvalue weighted by Gasteiger charge is -2.32. The van der Waals surface area contributed by atoms with Crippen molar-refractivity contribution in [1.82, 2.24) is 4.90 Å². The largest absolute Gasteiger partial charge is 0.490 e. The van der Waals surface area contributed by atoms with Crippen molar-refractivity contribution in [2.24, 2.45) is 0 Å². The van der Waals surface area contributed by atoms with Gasteiger partial charge in [0.25, 0.3) is 0 Å². The summed E-state index contributed by atoms with van der Waals surface area (Å²) < 4.78 is 6.17. The molecule has 0 radical (unpaired) electrons. The first-order valence-corrected chi connectivity index (χ1v) is 8.35. The average molecular weight is 295 g/mol. The number of nitrogens with zero attached hydrogens (tertiary/aromatic N) is 1. The van der Waals surface area contributed by atoms with E-state index in [4.69, 9.17) is 4.74 Å². The van der Waals surface area contributed by atoms with Crippen LogP contribution in [-0.4, -0.2) is 24.1 Å². The Morgan fingerprint density at radius 1 is 0.955 bits per heavy atom. The first-order valence-electron chi connectivity index (χ1n) is 8.35. The smallest absolute Gasteiger partial charge is 0.119 e. The van der Waals surface area contributed by atoms with E-state index in [0.717, 1.165) is 44.6 Å². The van der Waals surface area contributed by atoms with Gasteiger partial charge in [0.15, 0.2) is 0 Å². The molecule has 1 saturated heterocycles. The van der Waals surface area contributed by atoms with E-state index in [-0.39, 0.29) is 0 Å². The third-order valence-electron chi connectivity index (χ3n) is 4.39. The molecule has 1 aliphatic heterocycles. The summed E-state index contributed by atoms with van der Waals surface area (Å²) in [6, 6.07) is 19.2. The number of likely N-dealkylation sites (tertiary alicyclic amines) is 1. The SMILES string of the molecule is CCc1cccc(OC2CCN(Cc3ccccc3)CC2)c1. The van der Waals surface area contributed by atoms with Crippen molar-refractivity contribution in [2.75, 3.05) is 13.1 Å². The summed E-state index contributed by atoms with van der Waals surface area (Å²) in [7, 11) is 0. The Balaban J connectivity index is 1.49. The van der Waals surface area contributed by atoms with E-state index in [0.29, 0.717) is 6.10 Å². The zero-order chi connectivity index (χ0) is 15.2. The van der Waals surface area contributed by atoms with Gasteiger partial charge in [-0.3, -0.25) is 4.90 Å². The Kier molecular flexibility index (Phi) is 5.12. The fourth-order valence-electron chi connectivity index (χ4n) is 3.06. The minimum absolute atomic E-state index is 0.360. The van der Waals surface area contributed by atoms with Gasteiger partial charge in [0.05, 0.1) is 0 Å². The monoisotopic (exact) mass is 295 g/mol. The second-order valence-electron chi connectivity index (χ2n) is 6.08. The van der Waals surface area contributed by atoms with E-state index >= 15 is 0 Å². The Morgan fingerprint density at radius 3 is 2.41 bits per heavy atom. The minimum atomic E-state index is 0.360. The molecule has 3 rings (SSSR count). The first kappa shape index (κ1) is 15.1. The predicted molar refractivity (Wildman–Crippen MR) is 91.2 cm³/mol. The molecule has 0 unspecified atom stereocenters. The highest BCUT2D eigenvalue weighted by Gasteiger charge is 2.20. The first-order chi connectivity index (χ1) is 10.8. The zero-order valence-electron chi connectivity index (χ0n) is 13.4. The van der Waals surface area contributed by atoms with Crippen LogP contribution in [0.1, 0.15) is 30.9 Å². The normalized spacial score (nSPS) is 16.6. The molecule has 2 aromatic rings. The zero-order valence-corrected chi connectivity index (χ0v) is 13.4. The van der Waals surface area contributed by atoms with E-state index in [1.807, 2.05) is 0 Å². The summed E-state index contributed by atoms with van der Waals surface area (Å²) in [6.07, 6.45) is 3.65. The van der Waals surface area contributed by atoms with Crippen molar-refractivity contribution in [3.05, 3.63) is 65.7 Å². The maximum atomic E-state index is 6.17. The van der Waals surface area contributed by atoms with Crippen LogP contribution in [0.3, 0.4) is 0 Å². The second kappa shape index (κ2) is 7.46. The molecule has 0 spiro atoms. The van der Waals surface area contributed by atoms with Crippen LogP contribution in [0.4, 0.5) is 0 Å². The highest BCUT2D eigenvalue weighted by atomic mass is 16.5. The van der Waals surface area contributed by atoms with Crippen molar-refractivity contribution >= 4 is 0 Å². The quantitative estimate of drug-likeness (QED) is 0.816. The summed E-state index contributed by atoms with van der Waals surface area (Å²) in [5.41, 5.74) is 2.75. The number of hydrogen-bond donors (Lipinski definition) is 0. The van der Waals surface area contributed by atoms with Gasteiger partial charge in [0.2, 0.25) is 0 Å². The van der Waals surface area contributed by atoms with Crippen LogP contribution >= 0.6 is 0 Å². The number of rotatable bonds is 5. The summed E-state index contributed by atoms with van der Waals surface area (Å²) in [5.74, 6) is 1.03. The molecular weight excluding hydrogens is 270 g/mol. The number of piperidine rings is 1. The van der Waals surface area contributed by atoms with Crippen LogP contribution in [0.5, 0.6) is 5.75 Å². The number of benzene rings is 2. The van der Waals surface area contributed by atoms with Crippen LogP contribution < -0.4 is 4.74 Å². The molecule has 0 bridgehead atoms. The highest BCUT2D eigenvalue weighted by molar-refractivity contribution is 5.28. The lowest BCUT2D eigenvalue weighted by Crippen LogP contribution is -2.37. The summed E-state index contributed by atoms with van der Waals surface area (Å²) in [6.45, 7) is 5.47. The van der Waals surface area contributed by atoms with E-state index < -0.39 is 0 Å². The minimum Gasteiger partial charge on any atom is -0.490 e. The van der Waals surface area contributed by atoms with Gasteiger partial charge in [-0.15, -0.1) is 0 Å². The molecule has 1 aliphatic rings. The standard InChI is InChI=1S/C20H25NO/c1-2-17-9-6-10-20(15-17)22-19-11-13-21(14-12-19)16-18-7-4-3-5-8-18/h3-10,15,19H,2,11-14,16H2,1H3. The molecule has 0 aliphatic carbocycles. The molecule has 0 N–H and O–H groups in total. The van der Waals surface area contributed by atoms with Crippen molar-refractivity contribution in [3.63, 3.8) is 0 Å². The van der Waals surface area contributed by atoms with Crippen molar-refractivity contribution < 1.29 is 4.74 Å². The van der Waals surface area contributed by atoms with Gasteiger partial charge in [-0.05, 0) is 42.5 Å². The predicted octanol–water partition coefficient (Wildman–Crippen LogP) is 4.29. The van der Waals surface area contributed by atoms with Gasteiger partial charge in [0, 0.05) is 19.6 Å². The lowest BCUT2D eigenvalue weighted by atomic mass is 10.1. The second-order valence-corrected chi connectivity index (χ2v) is 6.08. The van der Waals surface area contributed by atoms with Crippen molar-refractivity contribution in [1.29, 1.82) is 0 Å². The van der Waals surface area contributed by atoms with E-state index in [2.05, 4.69) is 66.4 Å². The van der Waals surface area contributed by atoms with Crippen molar-refractivity contribution in [3.8, 4) is 5.75 Å². The molecule has 116 valence electrons. The van der Waals surface area contributed by atoms with Crippen LogP contribution in [0, 0.1) is 0 Å². The fraction of sp³-hybridized carbons (Fsp3) is 0.400. The van der Waals surface area contributed by atoms with Crippen LogP contribution in [0.2, 0.25) is 0 Å². The van der Waals surface area contributed by atoms with Gasteiger partial charge < -0.3 is 4.74 Å². The Labute approximate surface area is 133 Å². The topological polar surface area (TPSA) is 12.5 Å². The molecular formula is C20H25NO. The highest BCUT2D eigenvalue weighted by Crippen LogP contribution is 2.21. The Hall–Kier alpha value is -1.80. The van der Waals surface area contributed by atoms with Gasteiger partial charge in [-0.2, -0.15) is 0 Å². The summed E-state index contributed by atoms with van der Waals surface area (Å²) in [4.78, 5) is 2.53. The number of aryl methyl sites for hydroxylation is 1. The van der Waals surface area contributed by atoms with Crippen LogP contribution in [0.25, 0.3) is 0 Å². The molecule has 0 aromatic heterocycles. The molecule has 1 fully saturated rings. The molecule has 22 heavy (non-hydrogen) atoms. The molecule has 1 heterocycles. The molecule has 2 heteroatoms. The molecule has 0 atom stereocenters. The molecule has 0 saturated carbocycles. The third kappa shape index (κ3) is 4.11. The third-order valence-corrected chi connectivity index (χ3v) is 4.39. The summed E-state index contributed by atoms with van der Waals surface area (Å²) >= 11 is 0. The Morgan fingerprint density at radius 2 is 1.68 bits per heavy atom. The lowest BCUT2D eigenvalue weighted by molar-refractivity contribution is 0.0967. The van der Waals surface area contributed by atoms with Gasteiger partial charge >= 0.3 is 0 Å². The fourth-order valence-corrected chi connectivity index (χ4v) is 3.06. The Bertz CT molecular complexity index is 573. The van der Waals surface area contributed by atoms with E-state index in [9.17, 15) is 0 Å². The van der Waals surface area contributed by atoms with E-state index in [1.54, 1.807) is 0 Å². The average Bonchev–Trinajstić information content (AvgIpc) is 2.58. The summed E-state index contributed by atoms with van der Waals surface area (Å²) in [5, 5.41) is 0. The van der Waals surface area contributed by atoms with Crippen molar-refractivity contribution in [2.45, 2.75) is 38.8 Å². The number of hydrogen-bond acceptors (Lipinski definition) is 2. The molecule has 2 aromatic carbocycles. The van der Waals surface area contributed by atoms with Gasteiger partial charge in [-0.1, -0.05) is 49.4 Å². The van der Waals surface area contributed by atoms with Crippen LogP contribution in [0.15, 0.2) is 54.6 Å². The molecule has 0 amide bonds.